The average Bonchev–Trinajstić information content (AvgIpc) is 2.40. The van der Waals surface area contributed by atoms with Crippen molar-refractivity contribution >= 4 is 0 Å². The fourth-order valence-electron chi connectivity index (χ4n) is 0.571. The number of aliphatic hydroxyl groups is 1. The summed E-state index contributed by atoms with van der Waals surface area (Å²) in [7, 11) is 0. The van der Waals surface area contributed by atoms with Gasteiger partial charge in [0.15, 0.2) is 6.33 Å². The van der Waals surface area contributed by atoms with E-state index in [-0.39, 0.29) is 12.7 Å². The largest absolute Gasteiger partial charge is 0.391 e. The minimum absolute atomic E-state index is 0. The fraction of sp³-hybridized carbons (Fsp3) is 0.600. The molecule has 6 heteroatoms. The summed E-state index contributed by atoms with van der Waals surface area (Å²) in [6, 6.07) is 0. The Morgan fingerprint density at radius 1 is 1.73 bits per heavy atom. The maximum absolute atomic E-state index is 8.98. The van der Waals surface area contributed by atoms with Gasteiger partial charge in [0, 0.05) is 6.54 Å². The van der Waals surface area contributed by atoms with Crippen molar-refractivity contribution in [2.24, 2.45) is 5.73 Å². The number of nitrogens with two attached hydrogens (primary N) is 1. The van der Waals surface area contributed by atoms with Crippen LogP contribution in [0.3, 0.4) is 0 Å². The predicted molar refractivity (Wildman–Crippen MR) is 38.1 cm³/mol. The lowest BCUT2D eigenvalue weighted by molar-refractivity contribution is 0.170. The third-order valence-corrected chi connectivity index (χ3v) is 1.09. The van der Waals surface area contributed by atoms with Gasteiger partial charge in [-0.05, 0) is 0 Å². The molecule has 0 aliphatic rings. The number of hydrogen-bond acceptors (Lipinski definition) is 6. The van der Waals surface area contributed by atoms with Gasteiger partial charge >= 0.3 is 0 Å². The third-order valence-electron chi connectivity index (χ3n) is 1.09. The van der Waals surface area contributed by atoms with Gasteiger partial charge in [-0.15, -0.1) is 0 Å². The molecule has 0 aliphatic carbocycles. The van der Waals surface area contributed by atoms with Crippen LogP contribution in [-0.4, -0.2) is 27.9 Å². The molecule has 1 aromatic rings. The van der Waals surface area contributed by atoms with Gasteiger partial charge in [-0.3, -0.25) is 0 Å². The zero-order chi connectivity index (χ0) is 7.40. The van der Waals surface area contributed by atoms with Crippen LogP contribution in [0.1, 0.15) is 5.89 Å². The molecule has 0 saturated heterocycles. The van der Waals surface area contributed by atoms with E-state index >= 15 is 0 Å². The molecular weight excluding hydrogens is 148 g/mol. The normalized spacial score (nSPS) is 12.2. The SMILES string of the molecule is N.NCC(O)Cc1ncno1. The van der Waals surface area contributed by atoms with Gasteiger partial charge < -0.3 is 21.5 Å². The predicted octanol–water partition coefficient (Wildman–Crippen LogP) is -0.906. The second kappa shape index (κ2) is 4.78. The van der Waals surface area contributed by atoms with Crippen molar-refractivity contribution in [1.29, 1.82) is 0 Å². The highest BCUT2D eigenvalue weighted by atomic mass is 16.5. The second-order valence-corrected chi connectivity index (χ2v) is 1.93. The molecule has 0 saturated carbocycles. The van der Waals surface area contributed by atoms with Crippen molar-refractivity contribution in [3.63, 3.8) is 0 Å². The molecule has 64 valence electrons. The molecule has 0 radical (unpaired) electrons. The number of nitrogens with zero attached hydrogens (tertiary/aromatic N) is 2. The van der Waals surface area contributed by atoms with Gasteiger partial charge in [0.25, 0.3) is 0 Å². The first-order valence-electron chi connectivity index (χ1n) is 2.96. The van der Waals surface area contributed by atoms with Crippen LogP contribution in [0.4, 0.5) is 0 Å². The average molecular weight is 160 g/mol. The molecule has 1 rings (SSSR count). The van der Waals surface area contributed by atoms with Gasteiger partial charge in [0.05, 0.1) is 12.5 Å². The van der Waals surface area contributed by atoms with Crippen molar-refractivity contribution in [2.45, 2.75) is 12.5 Å². The fourth-order valence-corrected chi connectivity index (χ4v) is 0.571. The summed E-state index contributed by atoms with van der Waals surface area (Å²) in [5, 5.41) is 12.3. The maximum atomic E-state index is 8.98. The first kappa shape index (κ1) is 10.0. The van der Waals surface area contributed by atoms with Gasteiger partial charge in [-0.1, -0.05) is 5.16 Å². The van der Waals surface area contributed by atoms with Crippen molar-refractivity contribution in [1.82, 2.24) is 16.3 Å². The Balaban J connectivity index is 0.000001000. The summed E-state index contributed by atoms with van der Waals surface area (Å²) in [6.07, 6.45) is 1.04. The minimum Gasteiger partial charge on any atom is -0.391 e. The van der Waals surface area contributed by atoms with E-state index in [1.807, 2.05) is 0 Å². The molecule has 0 aliphatic heterocycles. The molecule has 0 amide bonds. The highest BCUT2D eigenvalue weighted by molar-refractivity contribution is 4.78. The van der Waals surface area contributed by atoms with Crippen molar-refractivity contribution < 1.29 is 9.63 Å². The molecule has 1 heterocycles. The van der Waals surface area contributed by atoms with Crippen LogP contribution < -0.4 is 11.9 Å². The Bertz CT molecular complexity index is 177. The lowest BCUT2D eigenvalue weighted by Gasteiger charge is -2.00. The summed E-state index contributed by atoms with van der Waals surface area (Å²) in [6.45, 7) is 0.211. The first-order chi connectivity index (χ1) is 4.83. The molecule has 1 aromatic heterocycles. The molecule has 0 aromatic carbocycles. The molecule has 0 fully saturated rings. The topological polar surface area (TPSA) is 120 Å². The Morgan fingerprint density at radius 2 is 2.45 bits per heavy atom. The van der Waals surface area contributed by atoms with Gasteiger partial charge in [-0.25, -0.2) is 0 Å². The van der Waals surface area contributed by atoms with E-state index in [2.05, 4.69) is 14.7 Å². The number of aromatic nitrogens is 2. The highest BCUT2D eigenvalue weighted by Crippen LogP contribution is 1.95. The van der Waals surface area contributed by atoms with Crippen LogP contribution in [0.5, 0.6) is 0 Å². The monoisotopic (exact) mass is 160 g/mol. The maximum Gasteiger partial charge on any atom is 0.229 e. The zero-order valence-electron chi connectivity index (χ0n) is 6.10. The summed E-state index contributed by atoms with van der Waals surface area (Å²) in [5.74, 6) is 0.415. The molecule has 1 atom stereocenters. The van der Waals surface area contributed by atoms with Crippen LogP contribution >= 0.6 is 0 Å². The Labute approximate surface area is 64.0 Å². The number of rotatable bonds is 3. The quantitative estimate of drug-likeness (QED) is 0.526. The Morgan fingerprint density at radius 3 is 2.91 bits per heavy atom. The van der Waals surface area contributed by atoms with E-state index in [0.29, 0.717) is 12.3 Å². The van der Waals surface area contributed by atoms with Crippen LogP contribution in [0.25, 0.3) is 0 Å². The number of hydrogen-bond donors (Lipinski definition) is 3. The van der Waals surface area contributed by atoms with Crippen LogP contribution in [0.15, 0.2) is 10.9 Å². The van der Waals surface area contributed by atoms with Crippen LogP contribution in [0.2, 0.25) is 0 Å². The molecular formula is C5H12N4O2. The van der Waals surface area contributed by atoms with Crippen LogP contribution in [-0.2, 0) is 6.42 Å². The van der Waals surface area contributed by atoms with Crippen LogP contribution in [0, 0.1) is 0 Å². The van der Waals surface area contributed by atoms with E-state index in [1.165, 1.54) is 6.33 Å². The van der Waals surface area contributed by atoms with E-state index in [0.717, 1.165) is 0 Å². The Hall–Kier alpha value is -0.980. The Kier molecular flexibility index (Phi) is 4.35. The first-order valence-corrected chi connectivity index (χ1v) is 2.96. The van der Waals surface area contributed by atoms with E-state index < -0.39 is 6.10 Å². The summed E-state index contributed by atoms with van der Waals surface area (Å²) < 4.78 is 4.63. The standard InChI is InChI=1S/C5H9N3O2.H3N/c6-2-4(9)1-5-7-3-8-10-5;/h3-4,9H,1-2,6H2;1H3. The lowest BCUT2D eigenvalue weighted by Crippen LogP contribution is -2.22. The molecule has 11 heavy (non-hydrogen) atoms. The molecule has 6 N–H and O–H groups in total. The van der Waals surface area contributed by atoms with E-state index in [9.17, 15) is 0 Å². The highest BCUT2D eigenvalue weighted by Gasteiger charge is 2.06. The molecule has 6 nitrogen and oxygen atoms in total. The summed E-state index contributed by atoms with van der Waals surface area (Å²) in [5.41, 5.74) is 5.15. The lowest BCUT2D eigenvalue weighted by atomic mass is 10.2. The van der Waals surface area contributed by atoms with Gasteiger partial charge in [-0.2, -0.15) is 4.98 Å². The summed E-state index contributed by atoms with van der Waals surface area (Å²) in [4.78, 5) is 3.71. The molecule has 0 spiro atoms. The van der Waals surface area contributed by atoms with Crippen molar-refractivity contribution in [2.75, 3.05) is 6.54 Å². The zero-order valence-corrected chi connectivity index (χ0v) is 6.10. The van der Waals surface area contributed by atoms with Crippen molar-refractivity contribution in [3.8, 4) is 0 Å². The summed E-state index contributed by atoms with van der Waals surface area (Å²) >= 11 is 0. The van der Waals surface area contributed by atoms with E-state index in [4.69, 9.17) is 10.8 Å². The third kappa shape index (κ3) is 3.08. The van der Waals surface area contributed by atoms with Gasteiger partial charge in [0.1, 0.15) is 0 Å². The number of aliphatic hydroxyl groups excluding tert-OH is 1. The second-order valence-electron chi connectivity index (χ2n) is 1.93. The van der Waals surface area contributed by atoms with Gasteiger partial charge in [0.2, 0.25) is 5.89 Å². The molecule has 1 unspecified atom stereocenters. The minimum atomic E-state index is -0.583. The van der Waals surface area contributed by atoms with Crippen molar-refractivity contribution in [3.05, 3.63) is 12.2 Å². The van der Waals surface area contributed by atoms with E-state index in [1.54, 1.807) is 0 Å². The molecule has 0 bridgehead atoms. The smallest absolute Gasteiger partial charge is 0.229 e.